The van der Waals surface area contributed by atoms with Crippen molar-refractivity contribution in [2.24, 2.45) is 5.73 Å². The predicted octanol–water partition coefficient (Wildman–Crippen LogP) is 2.12. The zero-order valence-corrected chi connectivity index (χ0v) is 10.9. The fourth-order valence-electron chi connectivity index (χ4n) is 1.53. The van der Waals surface area contributed by atoms with E-state index in [9.17, 15) is 4.79 Å². The van der Waals surface area contributed by atoms with Crippen molar-refractivity contribution in [2.75, 3.05) is 13.1 Å². The minimum atomic E-state index is -0.436. The summed E-state index contributed by atoms with van der Waals surface area (Å²) in [6.45, 7) is 9.02. The van der Waals surface area contributed by atoms with Gasteiger partial charge >= 0.3 is 6.09 Å². The number of hydrogen-bond donors (Lipinski definition) is 1. The summed E-state index contributed by atoms with van der Waals surface area (Å²) in [5.41, 5.74) is 5.45. The lowest BCUT2D eigenvalue weighted by Crippen LogP contribution is -2.45. The first-order valence-electron chi connectivity index (χ1n) is 6.02. The molecule has 1 fully saturated rings. The van der Waals surface area contributed by atoms with Gasteiger partial charge in [-0.05, 0) is 40.0 Å². The van der Waals surface area contributed by atoms with E-state index in [-0.39, 0.29) is 11.6 Å². The molecule has 1 aliphatic carbocycles. The lowest BCUT2D eigenvalue weighted by atomic mass is 10.2. The normalized spacial score (nSPS) is 18.1. The summed E-state index contributed by atoms with van der Waals surface area (Å²) in [6.07, 6.45) is 2.70. The van der Waals surface area contributed by atoms with Gasteiger partial charge in [0.25, 0.3) is 0 Å². The van der Waals surface area contributed by atoms with E-state index in [2.05, 4.69) is 0 Å². The Bertz CT molecular complexity index is 254. The molecule has 1 aliphatic rings. The fraction of sp³-hybridized carbons (Fsp3) is 0.917. The number of nitrogens with two attached hydrogens (primary N) is 1. The molecule has 0 heterocycles. The third kappa shape index (κ3) is 4.39. The zero-order chi connectivity index (χ0) is 12.4. The molecule has 16 heavy (non-hydrogen) atoms. The van der Waals surface area contributed by atoms with Gasteiger partial charge in [0.15, 0.2) is 0 Å². The van der Waals surface area contributed by atoms with Crippen LogP contribution >= 0.6 is 0 Å². The molecule has 0 aromatic rings. The van der Waals surface area contributed by atoms with Crippen LogP contribution in [0.2, 0.25) is 0 Å². The molecule has 94 valence electrons. The Morgan fingerprint density at radius 2 is 2.00 bits per heavy atom. The third-order valence-corrected chi connectivity index (χ3v) is 2.54. The van der Waals surface area contributed by atoms with Crippen molar-refractivity contribution in [3.63, 3.8) is 0 Å². The van der Waals surface area contributed by atoms with Crippen LogP contribution in [0.15, 0.2) is 0 Å². The van der Waals surface area contributed by atoms with Crippen LogP contribution in [0.3, 0.4) is 0 Å². The Balaban J connectivity index is 2.51. The Morgan fingerprint density at radius 3 is 2.38 bits per heavy atom. The van der Waals surface area contributed by atoms with Gasteiger partial charge in [-0.2, -0.15) is 0 Å². The zero-order valence-electron chi connectivity index (χ0n) is 10.9. The van der Waals surface area contributed by atoms with Gasteiger partial charge in [-0.1, -0.05) is 6.92 Å². The lowest BCUT2D eigenvalue weighted by molar-refractivity contribution is 0.0233. The van der Waals surface area contributed by atoms with E-state index in [1.165, 1.54) is 0 Å². The molecule has 1 rings (SSSR count). The molecular formula is C12H24N2O2. The summed E-state index contributed by atoms with van der Waals surface area (Å²) in [5, 5.41) is 0. The van der Waals surface area contributed by atoms with Gasteiger partial charge in [0.2, 0.25) is 0 Å². The molecule has 4 heteroatoms. The Hall–Kier alpha value is -0.770. The SMILES string of the molecule is CCCN(CC1(N)CC1)C(=O)OC(C)(C)C. The molecule has 0 aromatic carbocycles. The molecule has 4 nitrogen and oxygen atoms in total. The maximum atomic E-state index is 11.9. The molecule has 1 saturated carbocycles. The van der Waals surface area contributed by atoms with Gasteiger partial charge in [0, 0.05) is 18.6 Å². The fourth-order valence-corrected chi connectivity index (χ4v) is 1.53. The lowest BCUT2D eigenvalue weighted by Gasteiger charge is -2.29. The average Bonchev–Trinajstić information content (AvgIpc) is 2.80. The number of rotatable bonds is 4. The van der Waals surface area contributed by atoms with E-state index in [0.29, 0.717) is 13.1 Å². The largest absolute Gasteiger partial charge is 0.444 e. The van der Waals surface area contributed by atoms with Gasteiger partial charge in [0.05, 0.1) is 0 Å². The number of ether oxygens (including phenoxy) is 1. The van der Waals surface area contributed by atoms with Crippen molar-refractivity contribution in [3.05, 3.63) is 0 Å². The number of nitrogens with zero attached hydrogens (tertiary/aromatic N) is 1. The minimum absolute atomic E-state index is 0.147. The van der Waals surface area contributed by atoms with Gasteiger partial charge < -0.3 is 15.4 Å². The van der Waals surface area contributed by atoms with Crippen LogP contribution in [-0.2, 0) is 4.74 Å². The van der Waals surface area contributed by atoms with E-state index >= 15 is 0 Å². The molecule has 0 radical (unpaired) electrons. The highest BCUT2D eigenvalue weighted by molar-refractivity contribution is 5.68. The molecule has 0 atom stereocenters. The van der Waals surface area contributed by atoms with Crippen molar-refractivity contribution in [1.29, 1.82) is 0 Å². The topological polar surface area (TPSA) is 55.6 Å². The summed E-state index contributed by atoms with van der Waals surface area (Å²) in [6, 6.07) is 0. The minimum Gasteiger partial charge on any atom is -0.444 e. The van der Waals surface area contributed by atoms with Crippen molar-refractivity contribution in [3.8, 4) is 0 Å². The molecule has 0 unspecified atom stereocenters. The van der Waals surface area contributed by atoms with Crippen LogP contribution in [0.5, 0.6) is 0 Å². The van der Waals surface area contributed by atoms with Crippen molar-refractivity contribution >= 4 is 6.09 Å². The quantitative estimate of drug-likeness (QED) is 0.802. The first kappa shape index (κ1) is 13.3. The smallest absolute Gasteiger partial charge is 0.410 e. The second-order valence-electron chi connectivity index (χ2n) is 5.76. The van der Waals surface area contributed by atoms with Crippen molar-refractivity contribution < 1.29 is 9.53 Å². The summed E-state index contributed by atoms with van der Waals surface area (Å²) in [4.78, 5) is 13.6. The van der Waals surface area contributed by atoms with Gasteiger partial charge in [-0.3, -0.25) is 0 Å². The number of carbonyl (C=O) groups is 1. The standard InChI is InChI=1S/C12H24N2O2/c1-5-8-14(9-12(13)6-7-12)10(15)16-11(2,3)4/h5-9,13H2,1-4H3. The number of carbonyl (C=O) groups excluding carboxylic acids is 1. The third-order valence-electron chi connectivity index (χ3n) is 2.54. The molecular weight excluding hydrogens is 204 g/mol. The van der Waals surface area contributed by atoms with Crippen molar-refractivity contribution in [1.82, 2.24) is 4.90 Å². The van der Waals surface area contributed by atoms with Crippen LogP contribution in [0, 0.1) is 0 Å². The molecule has 0 saturated heterocycles. The van der Waals surface area contributed by atoms with Gasteiger partial charge in [-0.25, -0.2) is 4.79 Å². The maximum absolute atomic E-state index is 11.9. The average molecular weight is 228 g/mol. The maximum Gasteiger partial charge on any atom is 0.410 e. The van der Waals surface area contributed by atoms with Crippen LogP contribution in [0.4, 0.5) is 4.79 Å². The number of amides is 1. The monoisotopic (exact) mass is 228 g/mol. The first-order valence-corrected chi connectivity index (χ1v) is 6.02. The summed E-state index contributed by atoms with van der Waals surface area (Å²) in [5.74, 6) is 0. The van der Waals surface area contributed by atoms with E-state index in [1.54, 1.807) is 4.90 Å². The summed E-state index contributed by atoms with van der Waals surface area (Å²) in [7, 11) is 0. The first-order chi connectivity index (χ1) is 7.26. The van der Waals surface area contributed by atoms with E-state index in [0.717, 1.165) is 19.3 Å². The molecule has 0 aliphatic heterocycles. The molecule has 1 amide bonds. The van der Waals surface area contributed by atoms with Gasteiger partial charge in [-0.15, -0.1) is 0 Å². The Kier molecular flexibility index (Phi) is 3.84. The molecule has 2 N–H and O–H groups in total. The number of hydrogen-bond acceptors (Lipinski definition) is 3. The van der Waals surface area contributed by atoms with Crippen LogP contribution in [0.1, 0.15) is 47.0 Å². The Labute approximate surface area is 98.1 Å². The second-order valence-corrected chi connectivity index (χ2v) is 5.76. The van der Waals surface area contributed by atoms with E-state index in [1.807, 2.05) is 27.7 Å². The molecule has 0 spiro atoms. The summed E-state index contributed by atoms with van der Waals surface area (Å²) >= 11 is 0. The highest BCUT2D eigenvalue weighted by Gasteiger charge is 2.41. The summed E-state index contributed by atoms with van der Waals surface area (Å²) < 4.78 is 5.36. The predicted molar refractivity (Wildman–Crippen MR) is 64.3 cm³/mol. The van der Waals surface area contributed by atoms with Crippen LogP contribution in [0.25, 0.3) is 0 Å². The van der Waals surface area contributed by atoms with Crippen LogP contribution < -0.4 is 5.73 Å². The van der Waals surface area contributed by atoms with Crippen molar-refractivity contribution in [2.45, 2.75) is 58.1 Å². The molecule has 0 bridgehead atoms. The Morgan fingerprint density at radius 1 is 1.44 bits per heavy atom. The highest BCUT2D eigenvalue weighted by Crippen LogP contribution is 2.33. The second kappa shape index (κ2) is 4.62. The van der Waals surface area contributed by atoms with Crippen LogP contribution in [-0.4, -0.2) is 35.2 Å². The van der Waals surface area contributed by atoms with Gasteiger partial charge in [0.1, 0.15) is 5.60 Å². The van der Waals surface area contributed by atoms with E-state index in [4.69, 9.17) is 10.5 Å². The highest BCUT2D eigenvalue weighted by atomic mass is 16.6. The van der Waals surface area contributed by atoms with E-state index < -0.39 is 5.60 Å². The molecule has 0 aromatic heterocycles.